The summed E-state index contributed by atoms with van der Waals surface area (Å²) in [5, 5.41) is 2.81. The third-order valence-electron chi connectivity index (χ3n) is 3.97. The molecule has 6 nitrogen and oxygen atoms in total. The summed E-state index contributed by atoms with van der Waals surface area (Å²) in [4.78, 5) is 6.79. The Morgan fingerprint density at radius 2 is 2.00 bits per heavy atom. The Morgan fingerprint density at radius 3 is 2.64 bits per heavy atom. The lowest BCUT2D eigenvalue weighted by atomic mass is 10.3. The van der Waals surface area contributed by atoms with Gasteiger partial charge in [0.05, 0.1) is 12.2 Å². The number of hydrogen-bond donors (Lipinski definition) is 2. The fourth-order valence-electron chi connectivity index (χ4n) is 2.64. The molecule has 2 rings (SSSR count). The minimum absolute atomic E-state index is 0.0898. The number of thiazole rings is 1. The normalized spacial score (nSPS) is 16.7. The largest absolute Gasteiger partial charge is 0.298 e. The van der Waals surface area contributed by atoms with Crippen LogP contribution in [0, 0.1) is 0 Å². The van der Waals surface area contributed by atoms with Crippen molar-refractivity contribution in [2.45, 2.75) is 58.7 Å². The third kappa shape index (κ3) is 5.58. The molecular weight excluding hydrogens is 320 g/mol. The summed E-state index contributed by atoms with van der Waals surface area (Å²) in [5.41, 5.74) is 1.01. The molecule has 1 aromatic rings. The van der Waals surface area contributed by atoms with Crippen molar-refractivity contribution in [1.29, 1.82) is 0 Å². The summed E-state index contributed by atoms with van der Waals surface area (Å²) in [5.74, 6) is 0. The van der Waals surface area contributed by atoms with Crippen LogP contribution in [0.3, 0.4) is 0 Å². The van der Waals surface area contributed by atoms with E-state index in [0.717, 1.165) is 56.0 Å². The van der Waals surface area contributed by atoms with Crippen LogP contribution in [-0.4, -0.2) is 37.4 Å². The summed E-state index contributed by atoms with van der Waals surface area (Å²) in [6.07, 6.45) is 4.08. The van der Waals surface area contributed by atoms with Gasteiger partial charge < -0.3 is 0 Å². The highest BCUT2D eigenvalue weighted by molar-refractivity contribution is 7.87. The molecule has 1 aromatic heterocycles. The lowest BCUT2D eigenvalue weighted by Gasteiger charge is -2.15. The second-order valence-electron chi connectivity index (χ2n) is 5.62. The van der Waals surface area contributed by atoms with Gasteiger partial charge in [-0.2, -0.15) is 17.9 Å². The molecule has 1 heterocycles. The molecule has 0 unspecified atom stereocenters. The highest BCUT2D eigenvalue weighted by atomic mass is 32.2. The van der Waals surface area contributed by atoms with E-state index in [9.17, 15) is 8.42 Å². The zero-order valence-electron chi connectivity index (χ0n) is 13.3. The quantitative estimate of drug-likeness (QED) is 0.716. The van der Waals surface area contributed by atoms with E-state index in [-0.39, 0.29) is 12.6 Å². The molecule has 2 N–H and O–H groups in total. The average molecular weight is 347 g/mol. The van der Waals surface area contributed by atoms with Crippen molar-refractivity contribution in [2.24, 2.45) is 0 Å². The highest BCUT2D eigenvalue weighted by Gasteiger charge is 2.21. The molecule has 0 atom stereocenters. The summed E-state index contributed by atoms with van der Waals surface area (Å²) in [6, 6.07) is 0.0898. The molecule has 126 valence electrons. The maximum absolute atomic E-state index is 12.0. The van der Waals surface area contributed by atoms with Crippen molar-refractivity contribution in [3.05, 3.63) is 16.1 Å². The molecule has 1 aliphatic carbocycles. The lowest BCUT2D eigenvalue weighted by molar-refractivity contribution is 0.292. The maximum atomic E-state index is 12.0. The van der Waals surface area contributed by atoms with Crippen molar-refractivity contribution >= 4 is 21.5 Å². The van der Waals surface area contributed by atoms with E-state index in [0.29, 0.717) is 0 Å². The Bertz CT molecular complexity index is 549. The second-order valence-corrected chi connectivity index (χ2v) is 8.09. The topological polar surface area (TPSA) is 74.3 Å². The van der Waals surface area contributed by atoms with Gasteiger partial charge in [0.1, 0.15) is 5.01 Å². The predicted molar refractivity (Wildman–Crippen MR) is 89.9 cm³/mol. The number of rotatable bonds is 9. The number of nitrogens with one attached hydrogen (secondary N) is 2. The fourth-order valence-corrected chi connectivity index (χ4v) is 4.54. The van der Waals surface area contributed by atoms with Crippen molar-refractivity contribution in [3.63, 3.8) is 0 Å². The van der Waals surface area contributed by atoms with Crippen LogP contribution < -0.4 is 9.44 Å². The first-order valence-corrected chi connectivity index (χ1v) is 10.3. The van der Waals surface area contributed by atoms with E-state index in [1.165, 1.54) is 11.3 Å². The number of hydrogen-bond acceptors (Lipinski definition) is 5. The average Bonchev–Trinajstić information content (AvgIpc) is 3.14. The molecular formula is C14H26N4O2S2. The van der Waals surface area contributed by atoms with E-state index in [2.05, 4.69) is 33.2 Å². The molecule has 1 aliphatic rings. The van der Waals surface area contributed by atoms with Crippen LogP contribution >= 0.6 is 11.3 Å². The molecule has 0 spiro atoms. The molecule has 0 saturated heterocycles. The molecule has 0 radical (unpaired) electrons. The van der Waals surface area contributed by atoms with Crippen molar-refractivity contribution < 1.29 is 8.42 Å². The standard InChI is InChI=1S/C14H26N4O2S2/c1-3-18(4-2)10-13-11-21-14(16-13)9-15-22(19,20)17-12-7-5-6-8-12/h11-12,15,17H,3-10H2,1-2H3. The second kappa shape index (κ2) is 8.35. The van der Waals surface area contributed by atoms with Crippen LogP contribution in [0.2, 0.25) is 0 Å². The van der Waals surface area contributed by atoms with E-state index >= 15 is 0 Å². The minimum Gasteiger partial charge on any atom is -0.298 e. The van der Waals surface area contributed by atoms with Crippen molar-refractivity contribution in [3.8, 4) is 0 Å². The summed E-state index contributed by atoms with van der Waals surface area (Å²) < 4.78 is 29.3. The van der Waals surface area contributed by atoms with Gasteiger partial charge in [0.25, 0.3) is 10.2 Å². The Morgan fingerprint density at radius 1 is 1.32 bits per heavy atom. The molecule has 0 bridgehead atoms. The van der Waals surface area contributed by atoms with Crippen LogP contribution in [0.15, 0.2) is 5.38 Å². The zero-order chi connectivity index (χ0) is 16.0. The smallest absolute Gasteiger partial charge is 0.277 e. The lowest BCUT2D eigenvalue weighted by Crippen LogP contribution is -2.41. The Labute approximate surface area is 137 Å². The van der Waals surface area contributed by atoms with E-state index in [4.69, 9.17) is 0 Å². The van der Waals surface area contributed by atoms with Gasteiger partial charge in [0, 0.05) is 18.0 Å². The first-order valence-electron chi connectivity index (χ1n) is 7.95. The van der Waals surface area contributed by atoms with Gasteiger partial charge in [-0.25, -0.2) is 4.98 Å². The summed E-state index contributed by atoms with van der Waals surface area (Å²) >= 11 is 1.50. The van der Waals surface area contributed by atoms with Crippen LogP contribution in [-0.2, 0) is 23.3 Å². The van der Waals surface area contributed by atoms with Crippen molar-refractivity contribution in [1.82, 2.24) is 19.3 Å². The maximum Gasteiger partial charge on any atom is 0.277 e. The van der Waals surface area contributed by atoms with Gasteiger partial charge in [-0.15, -0.1) is 11.3 Å². The van der Waals surface area contributed by atoms with Crippen LogP contribution in [0.25, 0.3) is 0 Å². The van der Waals surface area contributed by atoms with Gasteiger partial charge in [-0.3, -0.25) is 4.90 Å². The third-order valence-corrected chi connectivity index (χ3v) is 6.04. The molecule has 0 aliphatic heterocycles. The first kappa shape index (κ1) is 17.8. The summed E-state index contributed by atoms with van der Waals surface area (Å²) in [7, 11) is -3.43. The van der Waals surface area contributed by atoms with Crippen LogP contribution in [0.4, 0.5) is 0 Å². The molecule has 0 amide bonds. The number of aromatic nitrogens is 1. The Balaban J connectivity index is 1.82. The van der Waals surface area contributed by atoms with E-state index < -0.39 is 10.2 Å². The van der Waals surface area contributed by atoms with E-state index in [1.807, 2.05) is 5.38 Å². The van der Waals surface area contributed by atoms with Gasteiger partial charge >= 0.3 is 0 Å². The molecule has 1 saturated carbocycles. The number of nitrogens with zero attached hydrogens (tertiary/aromatic N) is 2. The molecule has 1 fully saturated rings. The van der Waals surface area contributed by atoms with Crippen LogP contribution in [0.5, 0.6) is 0 Å². The van der Waals surface area contributed by atoms with Gasteiger partial charge in [-0.1, -0.05) is 26.7 Å². The molecule has 0 aromatic carbocycles. The van der Waals surface area contributed by atoms with Crippen molar-refractivity contribution in [2.75, 3.05) is 13.1 Å². The van der Waals surface area contributed by atoms with Crippen LogP contribution in [0.1, 0.15) is 50.2 Å². The Kier molecular flexibility index (Phi) is 6.76. The Hall–Kier alpha value is -0.540. The van der Waals surface area contributed by atoms with Gasteiger partial charge in [0.15, 0.2) is 0 Å². The summed E-state index contributed by atoms with van der Waals surface area (Å²) in [6.45, 7) is 7.29. The van der Waals surface area contributed by atoms with E-state index in [1.54, 1.807) is 0 Å². The molecule has 22 heavy (non-hydrogen) atoms. The fraction of sp³-hybridized carbons (Fsp3) is 0.786. The minimum atomic E-state index is -3.43. The van der Waals surface area contributed by atoms with Gasteiger partial charge in [0.2, 0.25) is 0 Å². The highest BCUT2D eigenvalue weighted by Crippen LogP contribution is 2.18. The monoisotopic (exact) mass is 346 g/mol. The predicted octanol–water partition coefficient (Wildman–Crippen LogP) is 1.85. The zero-order valence-corrected chi connectivity index (χ0v) is 15.0. The first-order chi connectivity index (χ1) is 10.5. The SMILES string of the molecule is CCN(CC)Cc1csc(CNS(=O)(=O)NC2CCCC2)n1. The van der Waals surface area contributed by atoms with Gasteiger partial charge in [-0.05, 0) is 25.9 Å². The molecule has 8 heteroatoms.